The Hall–Kier alpha value is -2.36. The molecule has 4 nitrogen and oxygen atoms in total. The van der Waals surface area contributed by atoms with Crippen LogP contribution in [0.4, 0.5) is 0 Å². The maximum absolute atomic E-state index is 5.66. The van der Waals surface area contributed by atoms with Gasteiger partial charge in [-0.05, 0) is 38.5 Å². The number of hydrogen-bond donors (Lipinski definition) is 0. The standard InChI is InChI=1S/C10H13NO.C9H9NO.2C2H6.CH4/c1-7-10(2,3)8-4-5-11-6-9(8)12-7;1-6-7(2)11-9-5-10-4-3-8(6)9;2*1-2;/h4-7H,1-3H3;3-5H,1-2H3;2*1-2H3;1H4. The molecule has 1 unspecified atom stereocenters. The predicted molar refractivity (Wildman–Crippen MR) is 120 cm³/mol. The lowest BCUT2D eigenvalue weighted by Crippen LogP contribution is -2.28. The predicted octanol–water partition coefficient (Wildman–Crippen LogP) is 7.27. The second-order valence-corrected chi connectivity index (χ2v) is 6.51. The van der Waals surface area contributed by atoms with Crippen LogP contribution in [-0.2, 0) is 5.41 Å². The summed E-state index contributed by atoms with van der Waals surface area (Å²) in [7, 11) is 0. The van der Waals surface area contributed by atoms with Crippen LogP contribution in [0.1, 0.15) is 72.8 Å². The Labute approximate surface area is 171 Å². The van der Waals surface area contributed by atoms with Crippen molar-refractivity contribution < 1.29 is 9.15 Å². The van der Waals surface area contributed by atoms with Crippen molar-refractivity contribution in [2.45, 2.75) is 81.3 Å². The normalized spacial score (nSPS) is 15.2. The number of fused-ring (bicyclic) bond motifs is 2. The van der Waals surface area contributed by atoms with Crippen LogP contribution in [0.5, 0.6) is 5.75 Å². The Kier molecular flexibility index (Phi) is 10.5. The lowest BCUT2D eigenvalue weighted by molar-refractivity contribution is 0.185. The third kappa shape index (κ3) is 5.34. The van der Waals surface area contributed by atoms with Crippen LogP contribution < -0.4 is 4.74 Å². The molecule has 0 saturated carbocycles. The molecular weight excluding hydrogens is 348 g/mol. The van der Waals surface area contributed by atoms with E-state index in [4.69, 9.17) is 9.15 Å². The van der Waals surface area contributed by atoms with Gasteiger partial charge in [-0.2, -0.15) is 0 Å². The number of hydrogen-bond acceptors (Lipinski definition) is 4. The monoisotopic (exact) mass is 386 g/mol. The van der Waals surface area contributed by atoms with Crippen molar-refractivity contribution in [1.29, 1.82) is 0 Å². The first-order valence-corrected chi connectivity index (χ1v) is 9.82. The SMILES string of the molecule is C.CC.CC.CC1Oc2cnccc2C1(C)C.Cc1oc2cnccc2c1C. The highest BCUT2D eigenvalue weighted by atomic mass is 16.5. The number of furan rings is 1. The Balaban J connectivity index is 0.000000431. The molecule has 0 saturated heterocycles. The van der Waals surface area contributed by atoms with E-state index in [1.807, 2.05) is 52.9 Å². The van der Waals surface area contributed by atoms with E-state index in [0.717, 1.165) is 22.5 Å². The van der Waals surface area contributed by atoms with Gasteiger partial charge in [-0.15, -0.1) is 0 Å². The second kappa shape index (κ2) is 11.5. The molecule has 3 aromatic rings. The van der Waals surface area contributed by atoms with Crippen molar-refractivity contribution in [1.82, 2.24) is 9.97 Å². The molecular formula is C24H38N2O2. The summed E-state index contributed by atoms with van der Waals surface area (Å²) in [6, 6.07) is 4.01. The van der Waals surface area contributed by atoms with Crippen LogP contribution in [0.15, 0.2) is 41.3 Å². The van der Waals surface area contributed by atoms with Crippen molar-refractivity contribution in [3.63, 3.8) is 0 Å². The minimum Gasteiger partial charge on any atom is -0.488 e. The van der Waals surface area contributed by atoms with Crippen LogP contribution in [0, 0.1) is 13.8 Å². The summed E-state index contributed by atoms with van der Waals surface area (Å²) in [5, 5.41) is 1.16. The summed E-state index contributed by atoms with van der Waals surface area (Å²) in [6.45, 7) is 18.5. The van der Waals surface area contributed by atoms with E-state index in [1.54, 1.807) is 18.6 Å². The van der Waals surface area contributed by atoms with E-state index < -0.39 is 0 Å². The zero-order valence-electron chi connectivity index (χ0n) is 18.3. The number of ether oxygens (including phenoxy) is 1. The molecule has 0 aliphatic carbocycles. The van der Waals surface area contributed by atoms with Gasteiger partial charge in [0.15, 0.2) is 5.58 Å². The van der Waals surface area contributed by atoms with Crippen molar-refractivity contribution in [3.05, 3.63) is 53.8 Å². The third-order valence-corrected chi connectivity index (χ3v) is 4.78. The lowest BCUT2D eigenvalue weighted by atomic mass is 9.82. The first kappa shape index (κ1) is 25.6. The number of rotatable bonds is 0. The molecule has 0 spiro atoms. The number of aryl methyl sites for hydroxylation is 2. The summed E-state index contributed by atoms with van der Waals surface area (Å²) in [5.41, 5.74) is 3.48. The fourth-order valence-electron chi connectivity index (χ4n) is 2.77. The van der Waals surface area contributed by atoms with E-state index in [9.17, 15) is 0 Å². The Morgan fingerprint density at radius 2 is 1.50 bits per heavy atom. The minimum absolute atomic E-state index is 0. The molecule has 1 atom stereocenters. The average molecular weight is 387 g/mol. The molecule has 0 amide bonds. The molecule has 4 rings (SSSR count). The average Bonchev–Trinajstić information content (AvgIpc) is 3.12. The maximum atomic E-state index is 5.66. The number of pyridine rings is 2. The summed E-state index contributed by atoms with van der Waals surface area (Å²) < 4.78 is 11.1. The molecule has 0 aromatic carbocycles. The largest absolute Gasteiger partial charge is 0.488 e. The zero-order valence-corrected chi connectivity index (χ0v) is 18.3. The quantitative estimate of drug-likeness (QED) is 0.407. The highest BCUT2D eigenvalue weighted by Gasteiger charge is 2.38. The van der Waals surface area contributed by atoms with Gasteiger partial charge in [-0.1, -0.05) is 49.0 Å². The molecule has 1 aliphatic heterocycles. The Morgan fingerprint density at radius 3 is 2.07 bits per heavy atom. The fraction of sp³-hybridized carbons (Fsp3) is 0.500. The maximum Gasteiger partial charge on any atom is 0.152 e. The number of aromatic nitrogens is 2. The topological polar surface area (TPSA) is 48.2 Å². The molecule has 1 aliphatic rings. The van der Waals surface area contributed by atoms with E-state index in [2.05, 4.69) is 37.7 Å². The molecule has 0 bridgehead atoms. The number of nitrogens with zero attached hydrogens (tertiary/aromatic N) is 2. The zero-order chi connectivity index (χ0) is 20.6. The van der Waals surface area contributed by atoms with E-state index in [1.165, 1.54) is 11.1 Å². The van der Waals surface area contributed by atoms with E-state index >= 15 is 0 Å². The van der Waals surface area contributed by atoms with Gasteiger partial charge in [0.1, 0.15) is 17.6 Å². The molecule has 3 aromatic heterocycles. The first-order chi connectivity index (χ1) is 12.9. The fourth-order valence-corrected chi connectivity index (χ4v) is 2.77. The molecule has 28 heavy (non-hydrogen) atoms. The van der Waals surface area contributed by atoms with Gasteiger partial charge in [-0.25, -0.2) is 0 Å². The van der Waals surface area contributed by atoms with Gasteiger partial charge in [0, 0.05) is 28.8 Å². The Bertz CT molecular complexity index is 837. The van der Waals surface area contributed by atoms with Gasteiger partial charge < -0.3 is 9.15 Å². The highest BCUT2D eigenvalue weighted by Crippen LogP contribution is 2.41. The van der Waals surface area contributed by atoms with Crippen LogP contribution in [0.25, 0.3) is 11.0 Å². The van der Waals surface area contributed by atoms with Crippen LogP contribution in [0.3, 0.4) is 0 Å². The van der Waals surface area contributed by atoms with Crippen molar-refractivity contribution in [2.24, 2.45) is 0 Å². The summed E-state index contributed by atoms with van der Waals surface area (Å²) >= 11 is 0. The van der Waals surface area contributed by atoms with Gasteiger partial charge in [-0.3, -0.25) is 9.97 Å². The lowest BCUT2D eigenvalue weighted by Gasteiger charge is -2.21. The van der Waals surface area contributed by atoms with Gasteiger partial charge in [0.25, 0.3) is 0 Å². The van der Waals surface area contributed by atoms with Crippen LogP contribution >= 0.6 is 0 Å². The third-order valence-electron chi connectivity index (χ3n) is 4.78. The van der Waals surface area contributed by atoms with E-state index in [-0.39, 0.29) is 18.9 Å². The highest BCUT2D eigenvalue weighted by molar-refractivity contribution is 5.80. The van der Waals surface area contributed by atoms with E-state index in [0.29, 0.717) is 0 Å². The summed E-state index contributed by atoms with van der Waals surface area (Å²) in [6.07, 6.45) is 7.39. The summed E-state index contributed by atoms with van der Waals surface area (Å²) in [4.78, 5) is 8.00. The molecule has 0 fully saturated rings. The van der Waals surface area contributed by atoms with Crippen molar-refractivity contribution in [2.75, 3.05) is 0 Å². The Morgan fingerprint density at radius 1 is 0.929 bits per heavy atom. The molecule has 4 heteroatoms. The summed E-state index contributed by atoms with van der Waals surface area (Å²) in [5.74, 6) is 1.92. The van der Waals surface area contributed by atoms with Gasteiger partial charge in [0.05, 0.1) is 12.4 Å². The first-order valence-electron chi connectivity index (χ1n) is 9.82. The second-order valence-electron chi connectivity index (χ2n) is 6.51. The molecule has 156 valence electrons. The smallest absolute Gasteiger partial charge is 0.152 e. The van der Waals surface area contributed by atoms with Crippen LogP contribution in [0.2, 0.25) is 0 Å². The van der Waals surface area contributed by atoms with Gasteiger partial charge >= 0.3 is 0 Å². The van der Waals surface area contributed by atoms with Crippen LogP contribution in [-0.4, -0.2) is 16.1 Å². The van der Waals surface area contributed by atoms with Crippen molar-refractivity contribution >= 4 is 11.0 Å². The minimum atomic E-state index is 0. The van der Waals surface area contributed by atoms with Crippen molar-refractivity contribution in [3.8, 4) is 5.75 Å². The molecule has 4 heterocycles. The molecule has 0 N–H and O–H groups in total. The molecule has 0 radical (unpaired) electrons. The van der Waals surface area contributed by atoms with Gasteiger partial charge in [0.2, 0.25) is 0 Å².